The molecule has 0 radical (unpaired) electrons. The van der Waals surface area contributed by atoms with Gasteiger partial charge in [0, 0.05) is 75.3 Å². The van der Waals surface area contributed by atoms with Crippen molar-refractivity contribution in [2.75, 3.05) is 36.4 Å². The number of pyridine rings is 1. The number of likely N-dealkylation sites (tertiary alicyclic amines) is 1. The summed E-state index contributed by atoms with van der Waals surface area (Å²) in [6.07, 6.45) is 17.6. The maximum absolute atomic E-state index is 13.0. The van der Waals surface area contributed by atoms with Crippen molar-refractivity contribution < 1.29 is 33.9 Å². The van der Waals surface area contributed by atoms with Gasteiger partial charge >= 0.3 is 0 Å². The molecule has 316 valence electrons. The van der Waals surface area contributed by atoms with E-state index in [4.69, 9.17) is 4.98 Å². The van der Waals surface area contributed by atoms with Crippen molar-refractivity contribution in [3.63, 3.8) is 0 Å². The molecule has 0 spiro atoms. The Balaban J connectivity index is 0.683. The number of amides is 5. The van der Waals surface area contributed by atoms with Gasteiger partial charge in [-0.15, -0.1) is 0 Å². The number of ketones is 1. The van der Waals surface area contributed by atoms with Crippen molar-refractivity contribution in [3.05, 3.63) is 95.3 Å². The first-order chi connectivity index (χ1) is 29.2. The molecular formula is C46H55N7O7. The number of hydrogen-bond acceptors (Lipinski definition) is 11. The van der Waals surface area contributed by atoms with Crippen LogP contribution in [0.1, 0.15) is 120 Å². The molecule has 3 aromatic rings. The molecule has 60 heavy (non-hydrogen) atoms. The smallest absolute Gasteiger partial charge is 0.262 e. The fourth-order valence-electron chi connectivity index (χ4n) is 8.73. The predicted molar refractivity (Wildman–Crippen MR) is 227 cm³/mol. The monoisotopic (exact) mass is 817 g/mol. The van der Waals surface area contributed by atoms with Gasteiger partial charge in [-0.1, -0.05) is 63.1 Å². The Kier molecular flexibility index (Phi) is 13.9. The number of aromatic hydroxyl groups is 1. The first-order valence-electron chi connectivity index (χ1n) is 21.5. The number of rotatable bonds is 21. The number of aromatic nitrogens is 1. The SMILES string of the molecule is O=C(CCCCCCCCCCCNc1ccc2c(c1)C(=O)N(C1CCC(=O)NC1=O)C2=O)NCCc1ccc(N2C[C@@H]3C[C@H]2CN3/C=C/C(=O)c2ccccc2O)nc1. The summed E-state index contributed by atoms with van der Waals surface area (Å²) in [5.41, 5.74) is 2.70. The molecule has 5 amide bonds. The van der Waals surface area contributed by atoms with E-state index in [-0.39, 0.29) is 41.4 Å². The van der Waals surface area contributed by atoms with Gasteiger partial charge in [-0.3, -0.25) is 39.0 Å². The predicted octanol–water partition coefficient (Wildman–Crippen LogP) is 5.52. The second kappa shape index (κ2) is 19.8. The minimum atomic E-state index is -0.967. The van der Waals surface area contributed by atoms with E-state index in [0.29, 0.717) is 30.6 Å². The lowest BCUT2D eigenvalue weighted by Crippen LogP contribution is -2.54. The van der Waals surface area contributed by atoms with Crippen molar-refractivity contribution in [2.45, 2.75) is 108 Å². The van der Waals surface area contributed by atoms with Gasteiger partial charge < -0.3 is 25.5 Å². The number of carbonyl (C=O) groups excluding carboxylic acids is 6. The third-order valence-electron chi connectivity index (χ3n) is 12.1. The molecule has 3 saturated heterocycles. The van der Waals surface area contributed by atoms with Crippen LogP contribution in [0.5, 0.6) is 5.75 Å². The molecule has 3 fully saturated rings. The van der Waals surface area contributed by atoms with Gasteiger partial charge in [0.05, 0.1) is 16.7 Å². The van der Waals surface area contributed by atoms with Crippen molar-refractivity contribution >= 4 is 46.8 Å². The molecule has 0 aliphatic carbocycles. The molecule has 5 heterocycles. The molecule has 2 bridgehead atoms. The first kappa shape index (κ1) is 42.1. The van der Waals surface area contributed by atoms with Crippen LogP contribution in [-0.4, -0.2) is 99.5 Å². The highest BCUT2D eigenvalue weighted by Crippen LogP contribution is 2.34. The summed E-state index contributed by atoms with van der Waals surface area (Å²) in [5.74, 6) is -1.18. The van der Waals surface area contributed by atoms with E-state index < -0.39 is 29.7 Å². The summed E-state index contributed by atoms with van der Waals surface area (Å²) in [6, 6.07) is 15.5. The lowest BCUT2D eigenvalue weighted by Gasteiger charge is -2.34. The first-order valence-corrected chi connectivity index (χ1v) is 21.5. The van der Waals surface area contributed by atoms with Crippen LogP contribution in [0.3, 0.4) is 0 Å². The lowest BCUT2D eigenvalue weighted by atomic mass is 10.0. The van der Waals surface area contributed by atoms with Crippen LogP contribution in [-0.2, 0) is 20.8 Å². The molecule has 14 nitrogen and oxygen atoms in total. The van der Waals surface area contributed by atoms with Crippen molar-refractivity contribution in [3.8, 4) is 5.75 Å². The van der Waals surface area contributed by atoms with Gasteiger partial charge in [0.2, 0.25) is 17.7 Å². The Morgan fingerprint density at radius 2 is 1.58 bits per heavy atom. The number of anilines is 2. The number of benzene rings is 2. The molecule has 4 N–H and O–H groups in total. The zero-order chi connectivity index (χ0) is 42.0. The van der Waals surface area contributed by atoms with E-state index in [9.17, 15) is 33.9 Å². The second-order valence-electron chi connectivity index (χ2n) is 16.3. The summed E-state index contributed by atoms with van der Waals surface area (Å²) in [7, 11) is 0. The highest BCUT2D eigenvalue weighted by molar-refractivity contribution is 6.23. The van der Waals surface area contributed by atoms with Crippen LogP contribution < -0.4 is 20.9 Å². The van der Waals surface area contributed by atoms with Gasteiger partial charge in [-0.05, 0) is 74.1 Å². The number of nitrogens with zero attached hydrogens (tertiary/aromatic N) is 4. The molecule has 1 aromatic heterocycles. The fraction of sp³-hybridized carbons (Fsp3) is 0.457. The van der Waals surface area contributed by atoms with E-state index in [2.05, 4.69) is 37.9 Å². The van der Waals surface area contributed by atoms with Crippen molar-refractivity contribution in [2.24, 2.45) is 0 Å². The average molecular weight is 818 g/mol. The van der Waals surface area contributed by atoms with E-state index in [1.165, 1.54) is 18.9 Å². The van der Waals surface area contributed by atoms with Crippen LogP contribution in [0.15, 0.2) is 73.1 Å². The number of fused-ring (bicyclic) bond motifs is 3. The number of carbonyl (C=O) groups is 6. The van der Waals surface area contributed by atoms with Crippen LogP contribution in [0, 0.1) is 0 Å². The lowest BCUT2D eigenvalue weighted by molar-refractivity contribution is -0.136. The highest BCUT2D eigenvalue weighted by Gasteiger charge is 2.45. The number of para-hydroxylation sites is 1. The summed E-state index contributed by atoms with van der Waals surface area (Å²) >= 11 is 0. The summed E-state index contributed by atoms with van der Waals surface area (Å²) in [4.78, 5) is 85.0. The molecule has 0 saturated carbocycles. The number of hydrogen-bond donors (Lipinski definition) is 4. The number of allylic oxidation sites excluding steroid dienone is 1. The van der Waals surface area contributed by atoms with E-state index in [0.717, 1.165) is 99.4 Å². The summed E-state index contributed by atoms with van der Waals surface area (Å²) in [5, 5.41) is 18.6. The standard InChI is InChI=1S/C46H55N7O7/c54-39-13-10-9-12-36(39)40(55)22-25-51-29-34-27-33(51)30-52(34)41-19-15-31(28-49-41)21-24-48-42(56)14-8-6-4-2-1-3-5-7-11-23-47-32-16-17-35-37(26-32)46(60)53(45(35)59)38-18-20-43(57)50-44(38)58/h9-10,12-13,15-17,19,22,25-26,28,33-34,38,47,54H,1-8,11,14,18,20-21,23-24,27,29-30H2,(H,48,56)(H,50,57,58)/b25-22+/t33-,34-,38?/m0/s1. The number of imide groups is 2. The third kappa shape index (κ3) is 10.2. The molecule has 14 heteroatoms. The summed E-state index contributed by atoms with van der Waals surface area (Å²) < 4.78 is 0. The van der Waals surface area contributed by atoms with Gasteiger partial charge in [-0.25, -0.2) is 4.98 Å². The number of piperazine rings is 1. The van der Waals surface area contributed by atoms with Crippen molar-refractivity contribution in [1.82, 2.24) is 25.4 Å². The van der Waals surface area contributed by atoms with E-state index in [1.807, 2.05) is 12.4 Å². The topological polar surface area (TPSA) is 181 Å². The van der Waals surface area contributed by atoms with Gasteiger partial charge in [0.25, 0.3) is 11.8 Å². The van der Waals surface area contributed by atoms with Crippen molar-refractivity contribution in [1.29, 1.82) is 0 Å². The number of phenolic OH excluding ortho intramolecular Hbond substituents is 1. The van der Waals surface area contributed by atoms with Crippen LogP contribution in [0.25, 0.3) is 0 Å². The zero-order valence-corrected chi connectivity index (χ0v) is 34.1. The van der Waals surface area contributed by atoms with Gasteiger partial charge in [0.15, 0.2) is 5.78 Å². The molecule has 4 aliphatic rings. The normalized spacial score (nSPS) is 19.7. The van der Waals surface area contributed by atoms with Crippen LogP contribution in [0.2, 0.25) is 0 Å². The number of unbranched alkanes of at least 4 members (excludes halogenated alkanes) is 8. The molecule has 1 unspecified atom stereocenters. The Hall–Kier alpha value is -6.05. The fourth-order valence-corrected chi connectivity index (χ4v) is 8.73. The number of nitrogens with one attached hydrogen (secondary N) is 3. The minimum Gasteiger partial charge on any atom is -0.507 e. The molecular weight excluding hydrogens is 763 g/mol. The Labute approximate surface area is 350 Å². The molecule has 3 atom stereocenters. The Morgan fingerprint density at radius 3 is 2.30 bits per heavy atom. The molecule has 4 aliphatic heterocycles. The number of piperidine rings is 1. The second-order valence-corrected chi connectivity index (χ2v) is 16.3. The maximum atomic E-state index is 13.0. The Morgan fingerprint density at radius 1 is 0.833 bits per heavy atom. The van der Waals surface area contributed by atoms with E-state index in [1.54, 1.807) is 42.5 Å². The molecule has 2 aromatic carbocycles. The maximum Gasteiger partial charge on any atom is 0.262 e. The largest absolute Gasteiger partial charge is 0.507 e. The van der Waals surface area contributed by atoms with Gasteiger partial charge in [-0.2, -0.15) is 0 Å². The van der Waals surface area contributed by atoms with Crippen LogP contribution in [0.4, 0.5) is 11.5 Å². The quantitative estimate of drug-likeness (QED) is 0.0460. The third-order valence-corrected chi connectivity index (χ3v) is 12.1. The zero-order valence-electron chi connectivity index (χ0n) is 34.1. The van der Waals surface area contributed by atoms with Gasteiger partial charge in [0.1, 0.15) is 17.6 Å². The van der Waals surface area contributed by atoms with E-state index >= 15 is 0 Å². The molecule has 7 rings (SSSR count). The highest BCUT2D eigenvalue weighted by atomic mass is 16.3. The minimum absolute atomic E-state index is 0.00677. The summed E-state index contributed by atoms with van der Waals surface area (Å²) in [6.45, 7) is 3.00. The average Bonchev–Trinajstić information content (AvgIpc) is 3.92. The Bertz CT molecular complexity index is 2100. The van der Waals surface area contributed by atoms with Crippen LogP contribution >= 0.6 is 0 Å². The number of phenols is 1.